The molecular weight excluding hydrogens is 315 g/mol. The van der Waals surface area contributed by atoms with Crippen molar-refractivity contribution in [3.63, 3.8) is 0 Å². The number of halogens is 1. The van der Waals surface area contributed by atoms with E-state index in [1.54, 1.807) is 18.0 Å². The SMILES string of the molecule is Cn1ccnc1SC1CCC(NC(=O)c2cncc(F)c2)CC1. The van der Waals surface area contributed by atoms with Gasteiger partial charge in [-0.15, -0.1) is 0 Å². The number of nitrogens with zero attached hydrogens (tertiary/aromatic N) is 3. The first kappa shape index (κ1) is 16.0. The number of amides is 1. The summed E-state index contributed by atoms with van der Waals surface area (Å²) in [6.07, 6.45) is 10.2. The van der Waals surface area contributed by atoms with E-state index >= 15 is 0 Å². The Morgan fingerprint density at radius 2 is 2.13 bits per heavy atom. The van der Waals surface area contributed by atoms with Gasteiger partial charge >= 0.3 is 0 Å². The molecule has 23 heavy (non-hydrogen) atoms. The van der Waals surface area contributed by atoms with Crippen molar-refractivity contribution >= 4 is 17.7 Å². The van der Waals surface area contributed by atoms with Crippen LogP contribution in [0, 0.1) is 5.82 Å². The van der Waals surface area contributed by atoms with Crippen LogP contribution >= 0.6 is 11.8 Å². The third-order valence-corrected chi connectivity index (χ3v) is 5.43. The Labute approximate surface area is 138 Å². The molecule has 0 saturated heterocycles. The summed E-state index contributed by atoms with van der Waals surface area (Å²) in [6.45, 7) is 0. The van der Waals surface area contributed by atoms with Crippen LogP contribution in [0.1, 0.15) is 36.0 Å². The highest BCUT2D eigenvalue weighted by molar-refractivity contribution is 7.99. The highest BCUT2D eigenvalue weighted by atomic mass is 32.2. The summed E-state index contributed by atoms with van der Waals surface area (Å²) < 4.78 is 15.1. The standard InChI is InChI=1S/C16H19FN4OS/c1-21-7-6-19-16(21)23-14-4-2-13(3-5-14)20-15(22)11-8-12(17)10-18-9-11/h6-10,13-14H,2-5H2,1H3,(H,20,22). The molecule has 122 valence electrons. The maximum Gasteiger partial charge on any atom is 0.253 e. The van der Waals surface area contributed by atoms with Crippen molar-refractivity contribution in [2.24, 2.45) is 7.05 Å². The second kappa shape index (κ2) is 7.12. The number of carbonyl (C=O) groups excluding carboxylic acids is 1. The lowest BCUT2D eigenvalue weighted by atomic mass is 9.95. The van der Waals surface area contributed by atoms with Crippen LogP contribution in [0.3, 0.4) is 0 Å². The fraction of sp³-hybridized carbons (Fsp3) is 0.438. The van der Waals surface area contributed by atoms with E-state index in [1.165, 1.54) is 12.3 Å². The maximum atomic E-state index is 13.1. The number of hydrogen-bond donors (Lipinski definition) is 1. The van der Waals surface area contributed by atoms with E-state index in [0.717, 1.165) is 37.0 Å². The Morgan fingerprint density at radius 1 is 1.35 bits per heavy atom. The van der Waals surface area contributed by atoms with Gasteiger partial charge in [0, 0.05) is 36.9 Å². The zero-order valence-electron chi connectivity index (χ0n) is 12.9. The van der Waals surface area contributed by atoms with Gasteiger partial charge in [0.1, 0.15) is 5.82 Å². The average Bonchev–Trinajstić information content (AvgIpc) is 2.94. The largest absolute Gasteiger partial charge is 0.349 e. The Bertz CT molecular complexity index is 682. The zero-order valence-corrected chi connectivity index (χ0v) is 13.7. The predicted octanol–water partition coefficient (Wildman–Crippen LogP) is 2.79. The van der Waals surface area contributed by atoms with Gasteiger partial charge in [0.25, 0.3) is 5.91 Å². The van der Waals surface area contributed by atoms with E-state index in [0.29, 0.717) is 5.25 Å². The molecule has 1 saturated carbocycles. The van der Waals surface area contributed by atoms with Gasteiger partial charge < -0.3 is 9.88 Å². The highest BCUT2D eigenvalue weighted by Gasteiger charge is 2.24. The molecule has 0 aromatic carbocycles. The molecule has 0 unspecified atom stereocenters. The number of hydrogen-bond acceptors (Lipinski definition) is 4. The zero-order chi connectivity index (χ0) is 16.2. The van der Waals surface area contributed by atoms with Crippen molar-refractivity contribution in [1.82, 2.24) is 19.9 Å². The summed E-state index contributed by atoms with van der Waals surface area (Å²) in [5.74, 6) is -0.745. The maximum absolute atomic E-state index is 13.1. The first-order valence-electron chi connectivity index (χ1n) is 7.67. The topological polar surface area (TPSA) is 59.8 Å². The van der Waals surface area contributed by atoms with Gasteiger partial charge in [-0.3, -0.25) is 9.78 Å². The van der Waals surface area contributed by atoms with Crippen molar-refractivity contribution in [2.75, 3.05) is 0 Å². The van der Waals surface area contributed by atoms with Crippen LogP contribution in [0.15, 0.2) is 36.0 Å². The van der Waals surface area contributed by atoms with Gasteiger partial charge in [-0.2, -0.15) is 0 Å². The van der Waals surface area contributed by atoms with Gasteiger partial charge in [-0.25, -0.2) is 9.37 Å². The van der Waals surface area contributed by atoms with Gasteiger partial charge in [0.05, 0.1) is 11.8 Å². The molecule has 3 rings (SSSR count). The summed E-state index contributed by atoms with van der Waals surface area (Å²) in [7, 11) is 1.99. The minimum absolute atomic E-state index is 0.143. The van der Waals surface area contributed by atoms with Gasteiger partial charge in [0.2, 0.25) is 0 Å². The Kier molecular flexibility index (Phi) is 4.95. The normalized spacial score (nSPS) is 21.1. The molecule has 2 aromatic heterocycles. The lowest BCUT2D eigenvalue weighted by Gasteiger charge is -2.28. The quantitative estimate of drug-likeness (QED) is 0.934. The molecule has 7 heteroatoms. The molecule has 1 aliphatic carbocycles. The minimum Gasteiger partial charge on any atom is -0.349 e. The Hall–Kier alpha value is -1.89. The second-order valence-corrected chi connectivity index (χ2v) is 7.05. The summed E-state index contributed by atoms with van der Waals surface area (Å²) in [5, 5.41) is 4.54. The van der Waals surface area contributed by atoms with Crippen molar-refractivity contribution in [3.05, 3.63) is 42.2 Å². The summed E-state index contributed by atoms with van der Waals surface area (Å²) >= 11 is 1.80. The van der Waals surface area contributed by atoms with Crippen LogP contribution in [-0.2, 0) is 7.05 Å². The second-order valence-electron chi connectivity index (χ2n) is 5.78. The van der Waals surface area contributed by atoms with Crippen LogP contribution in [0.2, 0.25) is 0 Å². The number of pyridine rings is 1. The molecule has 0 atom stereocenters. The molecule has 0 spiro atoms. The van der Waals surface area contributed by atoms with Gasteiger partial charge in [-0.1, -0.05) is 11.8 Å². The minimum atomic E-state index is -0.493. The molecule has 1 N–H and O–H groups in total. The van der Waals surface area contributed by atoms with E-state index in [4.69, 9.17) is 0 Å². The van der Waals surface area contributed by atoms with Crippen LogP contribution in [0.5, 0.6) is 0 Å². The molecule has 1 amide bonds. The number of imidazole rings is 1. The first-order valence-corrected chi connectivity index (χ1v) is 8.55. The Balaban J connectivity index is 1.49. The number of rotatable bonds is 4. The van der Waals surface area contributed by atoms with Crippen LogP contribution < -0.4 is 5.32 Å². The lowest BCUT2D eigenvalue weighted by Crippen LogP contribution is -2.38. The smallest absolute Gasteiger partial charge is 0.253 e. The van der Waals surface area contributed by atoms with E-state index in [-0.39, 0.29) is 17.5 Å². The van der Waals surface area contributed by atoms with Crippen molar-refractivity contribution in [2.45, 2.75) is 42.1 Å². The van der Waals surface area contributed by atoms with Crippen LogP contribution in [0.4, 0.5) is 4.39 Å². The van der Waals surface area contributed by atoms with Gasteiger partial charge in [-0.05, 0) is 31.7 Å². The molecule has 2 aromatic rings. The summed E-state index contributed by atoms with van der Waals surface area (Å²) in [4.78, 5) is 20.2. The van der Waals surface area contributed by atoms with Crippen molar-refractivity contribution < 1.29 is 9.18 Å². The molecule has 1 fully saturated rings. The van der Waals surface area contributed by atoms with E-state index in [1.807, 2.05) is 17.8 Å². The first-order chi connectivity index (χ1) is 11.1. The third kappa shape index (κ3) is 4.10. The molecule has 0 radical (unpaired) electrons. The van der Waals surface area contributed by atoms with E-state index in [9.17, 15) is 9.18 Å². The third-order valence-electron chi connectivity index (χ3n) is 4.03. The summed E-state index contributed by atoms with van der Waals surface area (Å²) in [6, 6.07) is 1.36. The van der Waals surface area contributed by atoms with E-state index in [2.05, 4.69) is 15.3 Å². The molecule has 0 bridgehead atoms. The summed E-state index contributed by atoms with van der Waals surface area (Å²) in [5.41, 5.74) is 0.273. The molecule has 2 heterocycles. The lowest BCUT2D eigenvalue weighted by molar-refractivity contribution is 0.0927. The molecular formula is C16H19FN4OS. The fourth-order valence-corrected chi connectivity index (χ4v) is 3.90. The average molecular weight is 334 g/mol. The Morgan fingerprint density at radius 3 is 2.78 bits per heavy atom. The van der Waals surface area contributed by atoms with Crippen molar-refractivity contribution in [1.29, 1.82) is 0 Å². The van der Waals surface area contributed by atoms with Crippen molar-refractivity contribution in [3.8, 4) is 0 Å². The molecule has 5 nitrogen and oxygen atoms in total. The van der Waals surface area contributed by atoms with Crippen LogP contribution in [-0.4, -0.2) is 31.7 Å². The predicted molar refractivity (Wildman–Crippen MR) is 86.8 cm³/mol. The number of aryl methyl sites for hydroxylation is 1. The number of carbonyl (C=O) groups is 1. The molecule has 0 aliphatic heterocycles. The number of aromatic nitrogens is 3. The highest BCUT2D eigenvalue weighted by Crippen LogP contribution is 2.32. The fourth-order valence-electron chi connectivity index (χ4n) is 2.74. The van der Waals surface area contributed by atoms with Crippen LogP contribution in [0.25, 0.3) is 0 Å². The number of nitrogens with one attached hydrogen (secondary N) is 1. The monoisotopic (exact) mass is 334 g/mol. The molecule has 1 aliphatic rings. The van der Waals surface area contributed by atoms with Gasteiger partial charge in [0.15, 0.2) is 5.16 Å². The van der Waals surface area contributed by atoms with E-state index < -0.39 is 5.82 Å². The number of thioether (sulfide) groups is 1.